The highest BCUT2D eigenvalue weighted by Crippen LogP contribution is 2.49. The van der Waals surface area contributed by atoms with Crippen molar-refractivity contribution < 1.29 is 13.2 Å². The Morgan fingerprint density at radius 1 is 1.22 bits per heavy atom. The molecule has 4 atom stereocenters. The van der Waals surface area contributed by atoms with Crippen LogP contribution in [0.5, 0.6) is 0 Å². The van der Waals surface area contributed by atoms with E-state index < -0.39 is 10.0 Å². The Morgan fingerprint density at radius 2 is 2.00 bits per heavy atom. The van der Waals surface area contributed by atoms with Gasteiger partial charge in [0.25, 0.3) is 0 Å². The monoisotopic (exact) mass is 388 g/mol. The van der Waals surface area contributed by atoms with Crippen molar-refractivity contribution in [1.82, 2.24) is 5.32 Å². The lowest BCUT2D eigenvalue weighted by atomic mass is 9.84. The molecule has 2 bridgehead atoms. The molecular formula is C21H28N2O3S. The Bertz CT molecular complexity index is 831. The first-order valence-electron chi connectivity index (χ1n) is 10.0. The number of benzene rings is 1. The van der Waals surface area contributed by atoms with E-state index in [2.05, 4.69) is 12.2 Å². The third-order valence-electron chi connectivity index (χ3n) is 6.51. The van der Waals surface area contributed by atoms with E-state index in [9.17, 15) is 13.2 Å². The van der Waals surface area contributed by atoms with E-state index in [1.165, 1.54) is 30.0 Å². The van der Waals surface area contributed by atoms with E-state index in [4.69, 9.17) is 0 Å². The maximum atomic E-state index is 12.3. The molecule has 2 saturated carbocycles. The minimum atomic E-state index is -3.15. The number of hydrogen-bond acceptors (Lipinski definition) is 3. The molecule has 1 aromatic rings. The predicted octanol–water partition coefficient (Wildman–Crippen LogP) is 3.18. The van der Waals surface area contributed by atoms with Crippen LogP contribution in [0.2, 0.25) is 0 Å². The second-order valence-electron chi connectivity index (χ2n) is 8.30. The zero-order chi connectivity index (χ0) is 19.0. The normalized spacial score (nSPS) is 30.1. The number of fused-ring (bicyclic) bond motifs is 2. The van der Waals surface area contributed by atoms with Gasteiger partial charge in [-0.15, -0.1) is 0 Å². The van der Waals surface area contributed by atoms with Gasteiger partial charge in [0.1, 0.15) is 0 Å². The molecule has 4 rings (SSSR count). The van der Waals surface area contributed by atoms with Crippen molar-refractivity contribution in [2.24, 2.45) is 17.8 Å². The maximum Gasteiger partial charge on any atom is 0.244 e. The number of carbonyl (C=O) groups excluding carboxylic acids is 1. The van der Waals surface area contributed by atoms with Crippen molar-refractivity contribution in [3.63, 3.8) is 0 Å². The topological polar surface area (TPSA) is 66.5 Å². The molecule has 3 fully saturated rings. The van der Waals surface area contributed by atoms with Crippen molar-refractivity contribution in [1.29, 1.82) is 0 Å². The SMILES string of the molecule is C[C@@H](NC(=O)/C=C/c1ccc(N2CCCS2(=O)=O)cc1)[C@H]1C[C@H]2CC[C@H]1C2. The summed E-state index contributed by atoms with van der Waals surface area (Å²) in [6.45, 7) is 2.67. The van der Waals surface area contributed by atoms with Gasteiger partial charge in [-0.2, -0.15) is 0 Å². The van der Waals surface area contributed by atoms with Crippen LogP contribution in [0.3, 0.4) is 0 Å². The molecule has 0 spiro atoms. The van der Waals surface area contributed by atoms with Crippen LogP contribution in [0.4, 0.5) is 5.69 Å². The van der Waals surface area contributed by atoms with Gasteiger partial charge in [0, 0.05) is 18.7 Å². The lowest BCUT2D eigenvalue weighted by Gasteiger charge is -2.28. The molecule has 3 aliphatic rings. The fourth-order valence-electron chi connectivity index (χ4n) is 5.14. The van der Waals surface area contributed by atoms with Gasteiger partial charge in [-0.25, -0.2) is 8.42 Å². The van der Waals surface area contributed by atoms with Gasteiger partial charge in [0.05, 0.1) is 11.4 Å². The van der Waals surface area contributed by atoms with Crippen molar-refractivity contribution in [2.75, 3.05) is 16.6 Å². The fraction of sp³-hybridized carbons (Fsp3) is 0.571. The van der Waals surface area contributed by atoms with Crippen molar-refractivity contribution in [3.05, 3.63) is 35.9 Å². The standard InChI is InChI=1S/C21H28N2O3S/c1-15(20-14-17-3-7-18(20)13-17)22-21(24)10-6-16-4-8-19(9-5-16)23-11-2-12-27(23,25)26/h4-6,8-10,15,17-18,20H,2-3,7,11-14H2,1H3,(H,22,24)/b10-6+/t15-,17+,18+,20-/m1/s1. The summed E-state index contributed by atoms with van der Waals surface area (Å²) in [7, 11) is -3.15. The molecule has 2 aliphatic carbocycles. The van der Waals surface area contributed by atoms with E-state index in [1.54, 1.807) is 24.3 Å². The molecule has 5 nitrogen and oxygen atoms in total. The minimum absolute atomic E-state index is 0.0588. The summed E-state index contributed by atoms with van der Waals surface area (Å²) in [6.07, 6.45) is 9.33. The summed E-state index contributed by atoms with van der Waals surface area (Å²) in [5.41, 5.74) is 1.58. The first-order valence-corrected chi connectivity index (χ1v) is 11.6. The first-order chi connectivity index (χ1) is 12.9. The van der Waals surface area contributed by atoms with Gasteiger partial charge in [0.15, 0.2) is 0 Å². The third-order valence-corrected chi connectivity index (χ3v) is 8.38. The summed E-state index contributed by atoms with van der Waals surface area (Å²) < 4.78 is 25.4. The number of carbonyl (C=O) groups is 1. The number of sulfonamides is 1. The number of hydrogen-bond donors (Lipinski definition) is 1. The van der Waals surface area contributed by atoms with Crippen LogP contribution < -0.4 is 9.62 Å². The molecule has 146 valence electrons. The molecule has 1 saturated heterocycles. The number of rotatable bonds is 5. The summed E-state index contributed by atoms with van der Waals surface area (Å²) in [5, 5.41) is 3.13. The smallest absolute Gasteiger partial charge is 0.244 e. The average molecular weight is 389 g/mol. The molecule has 0 radical (unpaired) electrons. The van der Waals surface area contributed by atoms with Crippen molar-refractivity contribution in [2.45, 2.75) is 45.1 Å². The van der Waals surface area contributed by atoms with Crippen LogP contribution in [0.15, 0.2) is 30.3 Å². The van der Waals surface area contributed by atoms with Gasteiger partial charge in [-0.05, 0) is 74.1 Å². The molecule has 0 unspecified atom stereocenters. The molecule has 27 heavy (non-hydrogen) atoms. The summed E-state index contributed by atoms with van der Waals surface area (Å²) >= 11 is 0. The van der Waals surface area contributed by atoms with Crippen LogP contribution in [-0.2, 0) is 14.8 Å². The molecule has 1 amide bonds. The van der Waals surface area contributed by atoms with E-state index in [-0.39, 0.29) is 17.7 Å². The Morgan fingerprint density at radius 3 is 2.59 bits per heavy atom. The van der Waals surface area contributed by atoms with Crippen LogP contribution >= 0.6 is 0 Å². The lowest BCUT2D eigenvalue weighted by Crippen LogP contribution is -2.39. The van der Waals surface area contributed by atoms with Gasteiger partial charge in [0.2, 0.25) is 15.9 Å². The van der Waals surface area contributed by atoms with Crippen LogP contribution in [-0.4, -0.2) is 32.7 Å². The second kappa shape index (κ2) is 7.30. The number of amides is 1. The lowest BCUT2D eigenvalue weighted by molar-refractivity contribution is -0.117. The van der Waals surface area contributed by atoms with E-state index in [0.717, 1.165) is 17.4 Å². The highest BCUT2D eigenvalue weighted by molar-refractivity contribution is 7.93. The molecular weight excluding hydrogens is 360 g/mol. The molecule has 1 aliphatic heterocycles. The van der Waals surface area contributed by atoms with Gasteiger partial charge in [-0.1, -0.05) is 18.6 Å². The molecule has 1 aromatic carbocycles. The Kier molecular flexibility index (Phi) is 5.01. The summed E-state index contributed by atoms with van der Waals surface area (Å²) in [6, 6.07) is 7.54. The van der Waals surface area contributed by atoms with Crippen LogP contribution in [0, 0.1) is 17.8 Å². The molecule has 0 aromatic heterocycles. The Labute approximate surface area is 161 Å². The minimum Gasteiger partial charge on any atom is -0.350 e. The predicted molar refractivity (Wildman–Crippen MR) is 108 cm³/mol. The highest BCUT2D eigenvalue weighted by atomic mass is 32.2. The van der Waals surface area contributed by atoms with Gasteiger partial charge >= 0.3 is 0 Å². The molecule has 1 N–H and O–H groups in total. The zero-order valence-electron chi connectivity index (χ0n) is 15.8. The summed E-state index contributed by atoms with van der Waals surface area (Å²) in [5.74, 6) is 2.46. The van der Waals surface area contributed by atoms with Gasteiger partial charge in [-0.3, -0.25) is 9.10 Å². The van der Waals surface area contributed by atoms with Crippen molar-refractivity contribution in [3.8, 4) is 0 Å². The quantitative estimate of drug-likeness (QED) is 0.788. The maximum absolute atomic E-state index is 12.3. The fourth-order valence-corrected chi connectivity index (χ4v) is 6.70. The summed E-state index contributed by atoms with van der Waals surface area (Å²) in [4.78, 5) is 12.3. The third kappa shape index (κ3) is 3.91. The second-order valence-corrected chi connectivity index (χ2v) is 10.3. The van der Waals surface area contributed by atoms with E-state index >= 15 is 0 Å². The van der Waals surface area contributed by atoms with Crippen LogP contribution in [0.25, 0.3) is 6.08 Å². The van der Waals surface area contributed by atoms with Crippen molar-refractivity contribution >= 4 is 27.7 Å². The number of anilines is 1. The average Bonchev–Trinajstić information content (AvgIpc) is 3.35. The largest absolute Gasteiger partial charge is 0.350 e. The highest BCUT2D eigenvalue weighted by Gasteiger charge is 2.41. The van der Waals surface area contributed by atoms with Crippen LogP contribution in [0.1, 0.15) is 44.6 Å². The van der Waals surface area contributed by atoms with Gasteiger partial charge < -0.3 is 5.32 Å². The molecule has 6 heteroatoms. The Balaban J connectivity index is 1.33. The zero-order valence-corrected chi connectivity index (χ0v) is 16.6. The first kappa shape index (κ1) is 18.5. The molecule has 1 heterocycles. The van der Waals surface area contributed by atoms with E-state index in [0.29, 0.717) is 24.6 Å². The Hall–Kier alpha value is -1.82. The number of nitrogens with zero attached hydrogens (tertiary/aromatic N) is 1. The van der Waals surface area contributed by atoms with E-state index in [1.807, 2.05) is 12.1 Å². The number of nitrogens with one attached hydrogen (secondary N) is 1.